The molecule has 5 nitrogen and oxygen atoms in total. The molecule has 0 unspecified atom stereocenters. The van der Waals surface area contributed by atoms with Gasteiger partial charge < -0.3 is 10.5 Å². The first-order valence-corrected chi connectivity index (χ1v) is 7.89. The molecular formula is C20H16N4O. The molecule has 0 saturated heterocycles. The fourth-order valence-corrected chi connectivity index (χ4v) is 2.47. The first-order chi connectivity index (χ1) is 12.3. The first kappa shape index (κ1) is 15.0. The predicted molar refractivity (Wildman–Crippen MR) is 97.7 cm³/mol. The summed E-state index contributed by atoms with van der Waals surface area (Å²) >= 11 is 0. The van der Waals surface area contributed by atoms with E-state index < -0.39 is 0 Å². The molecule has 5 heteroatoms. The lowest BCUT2D eigenvalue weighted by Gasteiger charge is -2.06. The van der Waals surface area contributed by atoms with Crippen molar-refractivity contribution in [3.8, 4) is 28.4 Å². The van der Waals surface area contributed by atoms with Gasteiger partial charge in [-0.15, -0.1) is 5.10 Å². The van der Waals surface area contributed by atoms with Crippen molar-refractivity contribution in [2.45, 2.75) is 0 Å². The van der Waals surface area contributed by atoms with Gasteiger partial charge in [0.25, 0.3) is 0 Å². The Labute approximate surface area is 145 Å². The van der Waals surface area contributed by atoms with Crippen LogP contribution >= 0.6 is 0 Å². The Bertz CT molecular complexity index is 961. The highest BCUT2D eigenvalue weighted by Gasteiger charge is 2.06. The van der Waals surface area contributed by atoms with E-state index in [4.69, 9.17) is 10.5 Å². The molecule has 4 aromatic rings. The third-order valence-electron chi connectivity index (χ3n) is 3.78. The van der Waals surface area contributed by atoms with Crippen LogP contribution in [0.3, 0.4) is 0 Å². The molecular weight excluding hydrogens is 312 g/mol. The molecule has 122 valence electrons. The van der Waals surface area contributed by atoms with E-state index in [-0.39, 0.29) is 0 Å². The standard InChI is InChI=1S/C20H16N4O/c21-16-8-6-15(7-9-16)20-14-24(23-22-20)17-10-12-19(13-11-17)25-18-4-2-1-3-5-18/h1-14H,21H2. The molecule has 0 spiro atoms. The van der Waals surface area contributed by atoms with Crippen LogP contribution in [-0.2, 0) is 0 Å². The number of ether oxygens (including phenoxy) is 1. The summed E-state index contributed by atoms with van der Waals surface area (Å²) in [5, 5.41) is 8.42. The molecule has 0 aliphatic carbocycles. The van der Waals surface area contributed by atoms with Crippen LogP contribution < -0.4 is 10.5 Å². The van der Waals surface area contributed by atoms with E-state index >= 15 is 0 Å². The van der Waals surface area contributed by atoms with E-state index in [1.54, 1.807) is 4.68 Å². The van der Waals surface area contributed by atoms with Crippen molar-refractivity contribution in [2.24, 2.45) is 0 Å². The number of nitrogens with zero attached hydrogens (tertiary/aromatic N) is 3. The van der Waals surface area contributed by atoms with Gasteiger partial charge in [0.15, 0.2) is 0 Å². The van der Waals surface area contributed by atoms with Gasteiger partial charge in [-0.3, -0.25) is 0 Å². The van der Waals surface area contributed by atoms with Crippen molar-refractivity contribution < 1.29 is 4.74 Å². The fraction of sp³-hybridized carbons (Fsp3) is 0. The summed E-state index contributed by atoms with van der Waals surface area (Å²) in [6, 6.07) is 25.0. The highest BCUT2D eigenvalue weighted by atomic mass is 16.5. The molecule has 1 aromatic heterocycles. The quantitative estimate of drug-likeness (QED) is 0.567. The number of para-hydroxylation sites is 1. The summed E-state index contributed by atoms with van der Waals surface area (Å²) in [5.74, 6) is 1.58. The summed E-state index contributed by atoms with van der Waals surface area (Å²) in [4.78, 5) is 0. The second-order valence-corrected chi connectivity index (χ2v) is 5.58. The maximum Gasteiger partial charge on any atom is 0.127 e. The van der Waals surface area contributed by atoms with Crippen LogP contribution in [0.4, 0.5) is 5.69 Å². The zero-order valence-electron chi connectivity index (χ0n) is 13.4. The van der Waals surface area contributed by atoms with Gasteiger partial charge in [0.05, 0.1) is 11.9 Å². The van der Waals surface area contributed by atoms with E-state index in [9.17, 15) is 0 Å². The van der Waals surface area contributed by atoms with E-state index in [0.29, 0.717) is 0 Å². The zero-order chi connectivity index (χ0) is 17.1. The molecule has 0 atom stereocenters. The Kier molecular flexibility index (Phi) is 3.88. The van der Waals surface area contributed by atoms with Crippen LogP contribution in [-0.4, -0.2) is 15.0 Å². The monoisotopic (exact) mass is 328 g/mol. The number of hydrogen-bond acceptors (Lipinski definition) is 4. The van der Waals surface area contributed by atoms with E-state index in [1.807, 2.05) is 85.1 Å². The van der Waals surface area contributed by atoms with Gasteiger partial charge in [0.1, 0.15) is 17.2 Å². The second kappa shape index (κ2) is 6.49. The van der Waals surface area contributed by atoms with Crippen molar-refractivity contribution in [1.82, 2.24) is 15.0 Å². The number of nitrogens with two attached hydrogens (primary N) is 1. The molecule has 3 aromatic carbocycles. The van der Waals surface area contributed by atoms with Gasteiger partial charge in [-0.05, 0) is 48.5 Å². The van der Waals surface area contributed by atoms with Crippen LogP contribution in [0.15, 0.2) is 85.1 Å². The highest BCUT2D eigenvalue weighted by Crippen LogP contribution is 2.23. The van der Waals surface area contributed by atoms with Crippen LogP contribution in [0.2, 0.25) is 0 Å². The summed E-state index contributed by atoms with van der Waals surface area (Å²) in [6.07, 6.45) is 1.89. The van der Waals surface area contributed by atoms with Crippen LogP contribution in [0.25, 0.3) is 16.9 Å². The van der Waals surface area contributed by atoms with E-state index in [2.05, 4.69) is 10.3 Å². The first-order valence-electron chi connectivity index (χ1n) is 7.89. The van der Waals surface area contributed by atoms with Gasteiger partial charge in [0, 0.05) is 11.3 Å². The Morgan fingerprint density at radius 3 is 2.16 bits per heavy atom. The molecule has 0 fully saturated rings. The van der Waals surface area contributed by atoms with E-state index in [1.165, 1.54) is 0 Å². The van der Waals surface area contributed by atoms with Gasteiger partial charge in [-0.2, -0.15) is 0 Å². The Balaban J connectivity index is 1.53. The maximum absolute atomic E-state index is 5.80. The largest absolute Gasteiger partial charge is 0.457 e. The third kappa shape index (κ3) is 3.35. The Hall–Kier alpha value is -3.60. The molecule has 0 bridgehead atoms. The normalized spacial score (nSPS) is 10.6. The van der Waals surface area contributed by atoms with Crippen LogP contribution in [0, 0.1) is 0 Å². The van der Waals surface area contributed by atoms with E-state index in [0.717, 1.165) is 34.1 Å². The van der Waals surface area contributed by atoms with Gasteiger partial charge in [0.2, 0.25) is 0 Å². The lowest BCUT2D eigenvalue weighted by molar-refractivity contribution is 0.482. The molecule has 0 aliphatic heterocycles. The van der Waals surface area contributed by atoms with Gasteiger partial charge in [-0.25, -0.2) is 4.68 Å². The Morgan fingerprint density at radius 1 is 0.760 bits per heavy atom. The summed E-state index contributed by atoms with van der Waals surface area (Å²) in [5.41, 5.74) is 9.13. The van der Waals surface area contributed by atoms with Gasteiger partial charge >= 0.3 is 0 Å². The molecule has 2 N–H and O–H groups in total. The fourth-order valence-electron chi connectivity index (χ4n) is 2.47. The number of benzene rings is 3. The minimum Gasteiger partial charge on any atom is -0.457 e. The van der Waals surface area contributed by atoms with Crippen molar-refractivity contribution in [2.75, 3.05) is 5.73 Å². The maximum atomic E-state index is 5.80. The minimum absolute atomic E-state index is 0.727. The lowest BCUT2D eigenvalue weighted by Crippen LogP contribution is -1.94. The molecule has 4 rings (SSSR count). The topological polar surface area (TPSA) is 66.0 Å². The average Bonchev–Trinajstić information content (AvgIpc) is 3.14. The zero-order valence-corrected chi connectivity index (χ0v) is 13.4. The molecule has 0 radical (unpaired) electrons. The summed E-state index contributed by atoms with van der Waals surface area (Å²) in [6.45, 7) is 0. The predicted octanol–water partition coefficient (Wildman–Crippen LogP) is 4.31. The number of anilines is 1. The lowest BCUT2D eigenvalue weighted by atomic mass is 10.1. The third-order valence-corrected chi connectivity index (χ3v) is 3.78. The van der Waals surface area contributed by atoms with Gasteiger partial charge in [-0.1, -0.05) is 35.5 Å². The summed E-state index contributed by atoms with van der Waals surface area (Å²) < 4.78 is 7.53. The summed E-state index contributed by atoms with van der Waals surface area (Å²) in [7, 11) is 0. The average molecular weight is 328 g/mol. The number of hydrogen-bond donors (Lipinski definition) is 1. The molecule has 0 aliphatic rings. The number of nitrogen functional groups attached to an aromatic ring is 1. The van der Waals surface area contributed by atoms with Crippen molar-refractivity contribution in [3.05, 3.63) is 85.1 Å². The minimum atomic E-state index is 0.727. The van der Waals surface area contributed by atoms with Crippen molar-refractivity contribution in [1.29, 1.82) is 0 Å². The number of aromatic nitrogens is 3. The molecule has 0 saturated carbocycles. The molecule has 0 amide bonds. The molecule has 25 heavy (non-hydrogen) atoms. The molecule has 1 heterocycles. The van der Waals surface area contributed by atoms with Crippen molar-refractivity contribution >= 4 is 5.69 Å². The second-order valence-electron chi connectivity index (χ2n) is 5.58. The SMILES string of the molecule is Nc1ccc(-c2cn(-c3ccc(Oc4ccccc4)cc3)nn2)cc1. The van der Waals surface area contributed by atoms with Crippen molar-refractivity contribution in [3.63, 3.8) is 0 Å². The van der Waals surface area contributed by atoms with Crippen LogP contribution in [0.1, 0.15) is 0 Å². The number of rotatable bonds is 4. The smallest absolute Gasteiger partial charge is 0.127 e. The van der Waals surface area contributed by atoms with Crippen LogP contribution in [0.5, 0.6) is 11.5 Å². The Morgan fingerprint density at radius 2 is 1.44 bits per heavy atom. The highest BCUT2D eigenvalue weighted by molar-refractivity contribution is 5.61.